The van der Waals surface area contributed by atoms with Crippen LogP contribution in [0.2, 0.25) is 0 Å². The third-order valence-electron chi connectivity index (χ3n) is 8.88. The second kappa shape index (κ2) is 5.57. The summed E-state index contributed by atoms with van der Waals surface area (Å²) in [4.78, 5) is 0. The molecule has 0 bridgehead atoms. The average molecular weight is 389 g/mol. The molecule has 154 valence electrons. The summed E-state index contributed by atoms with van der Waals surface area (Å²) in [5.74, 6) is 2.15. The molecule has 5 nitrogen and oxygen atoms in total. The van der Waals surface area contributed by atoms with E-state index in [0.717, 1.165) is 36.8 Å². The largest absolute Gasteiger partial charge is 0.508 e. The van der Waals surface area contributed by atoms with Crippen LogP contribution in [0.4, 0.5) is 0 Å². The molecule has 5 heteroatoms. The number of fused-ring (bicyclic) bond motifs is 5. The van der Waals surface area contributed by atoms with Crippen LogP contribution in [-0.4, -0.2) is 33.3 Å². The Labute approximate surface area is 166 Å². The van der Waals surface area contributed by atoms with Crippen LogP contribution >= 0.6 is 0 Å². The molecule has 5 rings (SSSR count). The van der Waals surface area contributed by atoms with E-state index in [1.54, 1.807) is 6.07 Å². The summed E-state index contributed by atoms with van der Waals surface area (Å²) in [5, 5.41) is 31.5. The van der Waals surface area contributed by atoms with Crippen molar-refractivity contribution in [1.82, 2.24) is 0 Å². The summed E-state index contributed by atoms with van der Waals surface area (Å²) >= 11 is 0. The number of hydrogen-bond donors (Lipinski definition) is 3. The van der Waals surface area contributed by atoms with Gasteiger partial charge in [0.05, 0.1) is 6.10 Å². The van der Waals surface area contributed by atoms with Crippen LogP contribution in [0.5, 0.6) is 17.2 Å². The number of phenols is 1. The topological polar surface area (TPSA) is 79.2 Å². The van der Waals surface area contributed by atoms with Crippen LogP contribution in [0.15, 0.2) is 6.07 Å². The molecule has 6 atom stereocenters. The summed E-state index contributed by atoms with van der Waals surface area (Å²) in [5.41, 5.74) is 0.910. The smallest absolute Gasteiger partial charge is 0.201 e. The van der Waals surface area contributed by atoms with Crippen molar-refractivity contribution in [1.29, 1.82) is 0 Å². The van der Waals surface area contributed by atoms with Gasteiger partial charge in [0.2, 0.25) is 6.29 Å². The molecule has 0 unspecified atom stereocenters. The van der Waals surface area contributed by atoms with Crippen LogP contribution in [0.25, 0.3) is 0 Å². The Morgan fingerprint density at radius 2 is 1.82 bits per heavy atom. The Balaban J connectivity index is 1.63. The van der Waals surface area contributed by atoms with Gasteiger partial charge in [-0.1, -0.05) is 27.7 Å². The Morgan fingerprint density at radius 1 is 1.07 bits per heavy atom. The molecule has 0 saturated heterocycles. The molecule has 1 aromatic carbocycles. The number of aliphatic hydroxyl groups is 2. The Kier molecular flexibility index (Phi) is 3.69. The third kappa shape index (κ3) is 2.10. The van der Waals surface area contributed by atoms with Crippen molar-refractivity contribution >= 4 is 0 Å². The normalized spacial score (nSPS) is 43.1. The van der Waals surface area contributed by atoms with E-state index in [2.05, 4.69) is 27.7 Å². The minimum absolute atomic E-state index is 0.108. The SMILES string of the molecule is C[C@H]1CC[C@@H]2C(C)(C)[C@H](O)CC[C@]2(C)[C@]12Cc1c(O)cc3c(c1O2)O[C@H](O)C3. The highest BCUT2D eigenvalue weighted by molar-refractivity contribution is 5.62. The number of rotatable bonds is 0. The van der Waals surface area contributed by atoms with Gasteiger partial charge in [0, 0.05) is 29.4 Å². The van der Waals surface area contributed by atoms with Gasteiger partial charge in [0.1, 0.15) is 11.4 Å². The average Bonchev–Trinajstić information content (AvgIpc) is 3.19. The highest BCUT2D eigenvalue weighted by Gasteiger charge is 2.67. The van der Waals surface area contributed by atoms with Crippen molar-refractivity contribution in [2.45, 2.75) is 84.2 Å². The molecule has 0 aromatic heterocycles. The van der Waals surface area contributed by atoms with Gasteiger partial charge in [0.25, 0.3) is 0 Å². The molecule has 4 aliphatic rings. The molecule has 2 heterocycles. The van der Waals surface area contributed by atoms with Gasteiger partial charge in [-0.15, -0.1) is 0 Å². The molecule has 1 aromatic rings. The molecule has 2 aliphatic carbocycles. The van der Waals surface area contributed by atoms with E-state index in [9.17, 15) is 15.3 Å². The maximum atomic E-state index is 10.7. The van der Waals surface area contributed by atoms with Crippen LogP contribution in [-0.2, 0) is 12.8 Å². The standard InChI is InChI=1S/C23H32O5/c1-12-5-6-16-21(2,3)17(25)7-8-22(16,4)23(12)11-14-15(24)9-13-10-18(26)27-19(13)20(14)28-23/h9,12,16-18,24-26H,5-8,10-11H2,1-4H3/t12-,16+,17+,18-,22-,23-/m0/s1. The first-order valence-electron chi connectivity index (χ1n) is 10.7. The predicted octanol–water partition coefficient (Wildman–Crippen LogP) is 3.55. The van der Waals surface area contributed by atoms with E-state index in [4.69, 9.17) is 9.47 Å². The van der Waals surface area contributed by atoms with Crippen molar-refractivity contribution in [2.24, 2.45) is 22.7 Å². The van der Waals surface area contributed by atoms with Crippen molar-refractivity contribution in [3.05, 3.63) is 17.2 Å². The Morgan fingerprint density at radius 3 is 2.57 bits per heavy atom. The number of aromatic hydroxyl groups is 1. The zero-order chi connectivity index (χ0) is 20.1. The molecule has 1 spiro atoms. The van der Waals surface area contributed by atoms with E-state index in [1.165, 1.54) is 0 Å². The Bertz CT molecular complexity index is 833. The molecule has 0 radical (unpaired) electrons. The fourth-order valence-electron chi connectivity index (χ4n) is 7.16. The van der Waals surface area contributed by atoms with Crippen LogP contribution in [0, 0.1) is 22.7 Å². The fourth-order valence-corrected chi connectivity index (χ4v) is 7.16. The monoisotopic (exact) mass is 388 g/mol. The number of aliphatic hydroxyl groups excluding tert-OH is 2. The minimum Gasteiger partial charge on any atom is -0.508 e. The molecular formula is C23H32O5. The van der Waals surface area contributed by atoms with Crippen molar-refractivity contribution in [2.75, 3.05) is 0 Å². The van der Waals surface area contributed by atoms with E-state index < -0.39 is 11.9 Å². The first-order chi connectivity index (χ1) is 13.1. The zero-order valence-electron chi connectivity index (χ0n) is 17.3. The van der Waals surface area contributed by atoms with Crippen molar-refractivity contribution in [3.8, 4) is 17.2 Å². The summed E-state index contributed by atoms with van der Waals surface area (Å²) in [7, 11) is 0. The van der Waals surface area contributed by atoms with Crippen LogP contribution in [0.3, 0.4) is 0 Å². The van der Waals surface area contributed by atoms with Crippen LogP contribution in [0.1, 0.15) is 64.5 Å². The Hall–Kier alpha value is -1.46. The van der Waals surface area contributed by atoms with Gasteiger partial charge < -0.3 is 24.8 Å². The van der Waals surface area contributed by atoms with Gasteiger partial charge in [-0.25, -0.2) is 0 Å². The van der Waals surface area contributed by atoms with Crippen LogP contribution < -0.4 is 9.47 Å². The molecule has 2 saturated carbocycles. The van der Waals surface area contributed by atoms with Crippen molar-refractivity contribution in [3.63, 3.8) is 0 Å². The fraction of sp³-hybridized carbons (Fsp3) is 0.739. The summed E-state index contributed by atoms with van der Waals surface area (Å²) in [6.07, 6.45) is 3.66. The second-order valence-electron chi connectivity index (χ2n) is 10.5. The molecule has 3 N–H and O–H groups in total. The van der Waals surface area contributed by atoms with Gasteiger partial charge in [-0.3, -0.25) is 0 Å². The van der Waals surface area contributed by atoms with Gasteiger partial charge in [-0.05, 0) is 49.0 Å². The summed E-state index contributed by atoms with van der Waals surface area (Å²) in [6, 6.07) is 1.73. The second-order valence-corrected chi connectivity index (χ2v) is 10.5. The lowest BCUT2D eigenvalue weighted by Gasteiger charge is -2.64. The highest BCUT2D eigenvalue weighted by Crippen LogP contribution is 2.67. The van der Waals surface area contributed by atoms with Gasteiger partial charge in [0.15, 0.2) is 11.5 Å². The highest BCUT2D eigenvalue weighted by atomic mass is 16.6. The van der Waals surface area contributed by atoms with E-state index >= 15 is 0 Å². The van der Waals surface area contributed by atoms with E-state index in [0.29, 0.717) is 36.2 Å². The van der Waals surface area contributed by atoms with E-state index in [-0.39, 0.29) is 22.7 Å². The zero-order valence-corrected chi connectivity index (χ0v) is 17.3. The summed E-state index contributed by atoms with van der Waals surface area (Å²) < 4.78 is 12.5. The molecule has 2 aliphatic heterocycles. The van der Waals surface area contributed by atoms with Gasteiger partial charge >= 0.3 is 0 Å². The lowest BCUT2D eigenvalue weighted by atomic mass is 9.43. The molecular weight excluding hydrogens is 356 g/mol. The first kappa shape index (κ1) is 18.6. The molecule has 0 amide bonds. The summed E-state index contributed by atoms with van der Waals surface area (Å²) in [6.45, 7) is 8.98. The number of phenolic OH excluding ortho intramolecular Hbond substituents is 1. The lowest BCUT2D eigenvalue weighted by Crippen LogP contribution is -2.66. The molecule has 28 heavy (non-hydrogen) atoms. The van der Waals surface area contributed by atoms with E-state index in [1.807, 2.05) is 0 Å². The quantitative estimate of drug-likeness (QED) is 0.633. The lowest BCUT2D eigenvalue weighted by molar-refractivity contribution is -0.210. The number of hydrogen-bond acceptors (Lipinski definition) is 5. The minimum atomic E-state index is -0.878. The number of ether oxygens (including phenoxy) is 2. The predicted molar refractivity (Wildman–Crippen MR) is 105 cm³/mol. The van der Waals surface area contributed by atoms with Crippen molar-refractivity contribution < 1.29 is 24.8 Å². The maximum Gasteiger partial charge on any atom is 0.201 e. The first-order valence-corrected chi connectivity index (χ1v) is 10.7. The van der Waals surface area contributed by atoms with Gasteiger partial charge in [-0.2, -0.15) is 0 Å². The third-order valence-corrected chi connectivity index (χ3v) is 8.88. The maximum absolute atomic E-state index is 10.7. The number of benzene rings is 1. The molecule has 2 fully saturated rings.